The van der Waals surface area contributed by atoms with Gasteiger partial charge in [-0.2, -0.15) is 5.26 Å². The average molecular weight is 225 g/mol. The lowest BCUT2D eigenvalue weighted by atomic mass is 10.3. The molecule has 1 rings (SSSR count). The Balaban J connectivity index is 2.89. The molecule has 0 bridgehead atoms. The first kappa shape index (κ1) is 11.3. The summed E-state index contributed by atoms with van der Waals surface area (Å²) in [5.74, 6) is 0. The molecule has 0 aliphatic carbocycles. The maximum atomic E-state index is 10.9. The normalized spacial score (nSPS) is 9.33. The monoisotopic (exact) mass is 224 g/mol. The molecule has 0 saturated carbocycles. The minimum atomic E-state index is -1.09. The van der Waals surface area contributed by atoms with Crippen LogP contribution in [0.1, 0.15) is 6.42 Å². The van der Waals surface area contributed by atoms with Crippen LogP contribution in [0.15, 0.2) is 24.3 Å². The fourth-order valence-corrected chi connectivity index (χ4v) is 1.33. The number of benzene rings is 1. The highest BCUT2D eigenvalue weighted by molar-refractivity contribution is 6.30. The molecule has 15 heavy (non-hydrogen) atoms. The van der Waals surface area contributed by atoms with Gasteiger partial charge in [0, 0.05) is 17.3 Å². The molecule has 1 aromatic rings. The minimum Gasteiger partial charge on any atom is -0.465 e. The Morgan fingerprint density at radius 2 is 2.33 bits per heavy atom. The molecule has 1 N–H and O–H groups in total. The number of carboxylic acid groups (broad SMARTS) is 1. The molecule has 0 unspecified atom stereocenters. The topological polar surface area (TPSA) is 64.3 Å². The van der Waals surface area contributed by atoms with Crippen LogP contribution in [0.2, 0.25) is 5.02 Å². The quantitative estimate of drug-likeness (QED) is 0.859. The van der Waals surface area contributed by atoms with E-state index in [-0.39, 0.29) is 13.0 Å². The summed E-state index contributed by atoms with van der Waals surface area (Å²) in [5.41, 5.74) is 0.477. The van der Waals surface area contributed by atoms with Gasteiger partial charge in [-0.05, 0) is 18.2 Å². The molecule has 1 aromatic carbocycles. The van der Waals surface area contributed by atoms with Crippen molar-refractivity contribution in [3.05, 3.63) is 29.3 Å². The molecule has 0 aliphatic heterocycles. The number of halogens is 1. The number of nitrogens with zero attached hydrogens (tertiary/aromatic N) is 2. The number of anilines is 1. The fraction of sp³-hybridized carbons (Fsp3) is 0.200. The Bertz CT molecular complexity index is 401. The third kappa shape index (κ3) is 3.15. The zero-order valence-corrected chi connectivity index (χ0v) is 8.61. The van der Waals surface area contributed by atoms with Gasteiger partial charge in [-0.1, -0.05) is 17.7 Å². The first-order valence-corrected chi connectivity index (χ1v) is 4.66. The van der Waals surface area contributed by atoms with Gasteiger partial charge in [0.05, 0.1) is 12.5 Å². The van der Waals surface area contributed by atoms with Crippen molar-refractivity contribution in [1.82, 2.24) is 0 Å². The van der Waals surface area contributed by atoms with E-state index in [4.69, 9.17) is 22.0 Å². The number of nitriles is 1. The fourth-order valence-electron chi connectivity index (χ4n) is 1.14. The van der Waals surface area contributed by atoms with Crippen molar-refractivity contribution in [2.24, 2.45) is 0 Å². The van der Waals surface area contributed by atoms with Crippen molar-refractivity contribution in [3.8, 4) is 6.07 Å². The first-order chi connectivity index (χ1) is 7.15. The molecular weight excluding hydrogens is 216 g/mol. The average Bonchev–Trinajstić information content (AvgIpc) is 2.18. The third-order valence-electron chi connectivity index (χ3n) is 1.80. The van der Waals surface area contributed by atoms with Crippen molar-refractivity contribution >= 4 is 23.4 Å². The van der Waals surface area contributed by atoms with E-state index in [1.807, 2.05) is 6.07 Å². The van der Waals surface area contributed by atoms with Gasteiger partial charge in [0.2, 0.25) is 0 Å². The minimum absolute atomic E-state index is 0.145. The van der Waals surface area contributed by atoms with Crippen molar-refractivity contribution in [2.45, 2.75) is 6.42 Å². The lowest BCUT2D eigenvalue weighted by Gasteiger charge is -2.17. The van der Waals surface area contributed by atoms with Crippen molar-refractivity contribution in [2.75, 3.05) is 11.4 Å². The molecule has 5 heteroatoms. The van der Waals surface area contributed by atoms with Gasteiger partial charge in [-0.3, -0.25) is 4.90 Å². The molecule has 0 aromatic heterocycles. The van der Waals surface area contributed by atoms with E-state index < -0.39 is 6.09 Å². The van der Waals surface area contributed by atoms with Crippen molar-refractivity contribution in [1.29, 1.82) is 5.26 Å². The van der Waals surface area contributed by atoms with Crippen LogP contribution in [0.3, 0.4) is 0 Å². The zero-order chi connectivity index (χ0) is 11.3. The van der Waals surface area contributed by atoms with Gasteiger partial charge in [-0.25, -0.2) is 4.79 Å². The van der Waals surface area contributed by atoms with E-state index in [1.54, 1.807) is 24.3 Å². The molecule has 0 saturated heterocycles. The number of hydrogen-bond donors (Lipinski definition) is 1. The van der Waals surface area contributed by atoms with Crippen LogP contribution < -0.4 is 4.90 Å². The highest BCUT2D eigenvalue weighted by Crippen LogP contribution is 2.19. The van der Waals surface area contributed by atoms with E-state index in [1.165, 1.54) is 0 Å². The second kappa shape index (κ2) is 5.23. The van der Waals surface area contributed by atoms with Gasteiger partial charge in [0.15, 0.2) is 0 Å². The van der Waals surface area contributed by atoms with Gasteiger partial charge < -0.3 is 5.11 Å². The standard InChI is InChI=1S/C10H9ClN2O2/c11-8-3-1-4-9(7-8)13(10(14)15)6-2-5-12/h1,3-4,7H,2,6H2,(H,14,15). The van der Waals surface area contributed by atoms with Crippen LogP contribution in [-0.2, 0) is 0 Å². The molecule has 78 valence electrons. The lowest BCUT2D eigenvalue weighted by molar-refractivity contribution is 0.202. The van der Waals surface area contributed by atoms with E-state index >= 15 is 0 Å². The lowest BCUT2D eigenvalue weighted by Crippen LogP contribution is -2.29. The molecule has 4 nitrogen and oxygen atoms in total. The van der Waals surface area contributed by atoms with Crippen LogP contribution in [0.25, 0.3) is 0 Å². The molecule has 0 spiro atoms. The Morgan fingerprint density at radius 1 is 1.60 bits per heavy atom. The van der Waals surface area contributed by atoms with E-state index in [9.17, 15) is 4.79 Å². The summed E-state index contributed by atoms with van der Waals surface area (Å²) in [6, 6.07) is 8.41. The molecule has 1 amide bonds. The van der Waals surface area contributed by atoms with Crippen LogP contribution in [0.5, 0.6) is 0 Å². The Hall–Kier alpha value is -1.73. The van der Waals surface area contributed by atoms with Crippen LogP contribution in [-0.4, -0.2) is 17.7 Å². The first-order valence-electron chi connectivity index (χ1n) is 4.28. The zero-order valence-electron chi connectivity index (χ0n) is 7.85. The van der Waals surface area contributed by atoms with E-state index in [2.05, 4.69) is 0 Å². The summed E-state index contributed by atoms with van der Waals surface area (Å²) >= 11 is 5.74. The highest BCUT2D eigenvalue weighted by Gasteiger charge is 2.13. The van der Waals surface area contributed by atoms with Gasteiger partial charge in [0.1, 0.15) is 0 Å². The molecule has 0 atom stereocenters. The molecule has 0 fully saturated rings. The van der Waals surface area contributed by atoms with Crippen LogP contribution in [0, 0.1) is 11.3 Å². The Morgan fingerprint density at radius 3 is 2.87 bits per heavy atom. The molecule has 0 aliphatic rings. The van der Waals surface area contributed by atoms with Crippen molar-refractivity contribution in [3.63, 3.8) is 0 Å². The van der Waals surface area contributed by atoms with Gasteiger partial charge in [0.25, 0.3) is 0 Å². The summed E-state index contributed by atoms with van der Waals surface area (Å²) in [7, 11) is 0. The summed E-state index contributed by atoms with van der Waals surface area (Å²) in [6.07, 6.45) is -0.939. The number of amides is 1. The van der Waals surface area contributed by atoms with E-state index in [0.717, 1.165) is 4.90 Å². The van der Waals surface area contributed by atoms with E-state index in [0.29, 0.717) is 10.7 Å². The summed E-state index contributed by atoms with van der Waals surface area (Å²) in [4.78, 5) is 12.0. The maximum absolute atomic E-state index is 10.9. The number of rotatable bonds is 3. The van der Waals surface area contributed by atoms with Crippen molar-refractivity contribution < 1.29 is 9.90 Å². The molecule has 0 heterocycles. The second-order valence-electron chi connectivity index (χ2n) is 2.82. The second-order valence-corrected chi connectivity index (χ2v) is 3.26. The molecule has 0 radical (unpaired) electrons. The largest absolute Gasteiger partial charge is 0.465 e. The maximum Gasteiger partial charge on any atom is 0.411 e. The van der Waals surface area contributed by atoms with Gasteiger partial charge >= 0.3 is 6.09 Å². The molecular formula is C10H9ClN2O2. The predicted octanol–water partition coefficient (Wildman–Crippen LogP) is 2.74. The summed E-state index contributed by atoms with van der Waals surface area (Å²) in [5, 5.41) is 17.8. The Kier molecular flexibility index (Phi) is 3.95. The van der Waals surface area contributed by atoms with Crippen LogP contribution >= 0.6 is 11.6 Å². The predicted molar refractivity (Wildman–Crippen MR) is 57.1 cm³/mol. The smallest absolute Gasteiger partial charge is 0.411 e. The highest BCUT2D eigenvalue weighted by atomic mass is 35.5. The van der Waals surface area contributed by atoms with Gasteiger partial charge in [-0.15, -0.1) is 0 Å². The Labute approximate surface area is 92.3 Å². The summed E-state index contributed by atoms with van der Waals surface area (Å²) < 4.78 is 0. The SMILES string of the molecule is N#CCCN(C(=O)O)c1cccc(Cl)c1. The number of carbonyl (C=O) groups is 1. The number of hydrogen-bond acceptors (Lipinski definition) is 2. The van der Waals surface area contributed by atoms with Crippen LogP contribution in [0.4, 0.5) is 10.5 Å². The third-order valence-corrected chi connectivity index (χ3v) is 2.03. The summed E-state index contributed by atoms with van der Waals surface area (Å²) in [6.45, 7) is 0.145.